The van der Waals surface area contributed by atoms with Gasteiger partial charge in [-0.1, -0.05) is 24.3 Å². The lowest BCUT2D eigenvalue weighted by atomic mass is 10.1. The van der Waals surface area contributed by atoms with Crippen molar-refractivity contribution in [1.29, 1.82) is 0 Å². The third-order valence-electron chi connectivity index (χ3n) is 3.08. The van der Waals surface area contributed by atoms with Crippen LogP contribution in [0.25, 0.3) is 0 Å². The van der Waals surface area contributed by atoms with Gasteiger partial charge in [0.1, 0.15) is 11.5 Å². The van der Waals surface area contributed by atoms with Crippen LogP contribution in [0.15, 0.2) is 48.5 Å². The van der Waals surface area contributed by atoms with Gasteiger partial charge in [0.25, 0.3) is 0 Å². The maximum absolute atomic E-state index is 11.6. The number of ether oxygens (including phenoxy) is 2. The Morgan fingerprint density at radius 2 is 1.86 bits per heavy atom. The van der Waals surface area contributed by atoms with E-state index in [2.05, 4.69) is 5.32 Å². The first-order valence-corrected chi connectivity index (χ1v) is 6.42. The van der Waals surface area contributed by atoms with Crippen molar-refractivity contribution in [2.24, 2.45) is 0 Å². The minimum absolute atomic E-state index is 0.528. The molecular formula is C16H17NO4. The molecule has 0 aliphatic heterocycles. The molecule has 0 amide bonds. The summed E-state index contributed by atoms with van der Waals surface area (Å²) in [7, 11) is 3.08. The molecule has 2 aromatic rings. The lowest BCUT2D eigenvalue weighted by Gasteiger charge is -2.19. The zero-order valence-corrected chi connectivity index (χ0v) is 11.9. The molecule has 0 fully saturated rings. The Bertz CT molecular complexity index is 627. The number of para-hydroxylation sites is 1. The van der Waals surface area contributed by atoms with Crippen molar-refractivity contribution in [2.75, 3.05) is 19.5 Å². The Morgan fingerprint density at radius 3 is 2.52 bits per heavy atom. The molecule has 2 aromatic carbocycles. The number of hydrogen-bond donors (Lipinski definition) is 2. The summed E-state index contributed by atoms with van der Waals surface area (Å²) >= 11 is 0. The van der Waals surface area contributed by atoms with Gasteiger partial charge in [0.15, 0.2) is 6.04 Å². The van der Waals surface area contributed by atoms with Gasteiger partial charge in [-0.3, -0.25) is 0 Å². The zero-order chi connectivity index (χ0) is 15.2. The van der Waals surface area contributed by atoms with Gasteiger partial charge in [0.2, 0.25) is 0 Å². The van der Waals surface area contributed by atoms with E-state index in [-0.39, 0.29) is 0 Å². The number of carboxylic acid groups (broad SMARTS) is 1. The minimum Gasteiger partial charge on any atom is -0.497 e. The standard InChI is InChI=1S/C16H17NO4/c1-20-12-7-5-6-11(10-12)17-15(16(18)19)13-8-3-4-9-14(13)21-2/h3-10,15,17H,1-2H3,(H,18,19). The molecule has 0 heterocycles. The maximum atomic E-state index is 11.6. The largest absolute Gasteiger partial charge is 0.497 e. The van der Waals surface area contributed by atoms with Gasteiger partial charge in [-0.25, -0.2) is 4.79 Å². The van der Waals surface area contributed by atoms with Crippen molar-refractivity contribution < 1.29 is 19.4 Å². The number of nitrogens with one attached hydrogen (secondary N) is 1. The molecule has 0 saturated carbocycles. The van der Waals surface area contributed by atoms with E-state index < -0.39 is 12.0 Å². The second kappa shape index (κ2) is 6.65. The first-order chi connectivity index (χ1) is 10.2. The quantitative estimate of drug-likeness (QED) is 0.855. The summed E-state index contributed by atoms with van der Waals surface area (Å²) in [5.74, 6) is 0.201. The molecule has 110 valence electrons. The fraction of sp³-hybridized carbons (Fsp3) is 0.188. The average Bonchev–Trinajstić information content (AvgIpc) is 2.52. The van der Waals surface area contributed by atoms with Crippen molar-refractivity contribution in [3.8, 4) is 11.5 Å². The van der Waals surface area contributed by atoms with E-state index in [9.17, 15) is 9.90 Å². The molecule has 0 saturated heterocycles. The molecule has 0 aliphatic rings. The molecule has 5 heteroatoms. The third-order valence-corrected chi connectivity index (χ3v) is 3.08. The molecule has 0 aromatic heterocycles. The van der Waals surface area contributed by atoms with Crippen LogP contribution in [0.3, 0.4) is 0 Å². The predicted molar refractivity (Wildman–Crippen MR) is 80.0 cm³/mol. The summed E-state index contributed by atoms with van der Waals surface area (Å²) in [5.41, 5.74) is 1.22. The lowest BCUT2D eigenvalue weighted by Crippen LogP contribution is -2.21. The van der Waals surface area contributed by atoms with E-state index in [1.54, 1.807) is 55.6 Å². The van der Waals surface area contributed by atoms with E-state index >= 15 is 0 Å². The first-order valence-electron chi connectivity index (χ1n) is 6.42. The highest BCUT2D eigenvalue weighted by molar-refractivity contribution is 5.80. The molecule has 21 heavy (non-hydrogen) atoms. The molecule has 0 spiro atoms. The van der Waals surface area contributed by atoms with Gasteiger partial charge in [0, 0.05) is 17.3 Å². The molecule has 2 N–H and O–H groups in total. The smallest absolute Gasteiger partial charge is 0.330 e. The second-order valence-electron chi connectivity index (χ2n) is 4.39. The second-order valence-corrected chi connectivity index (χ2v) is 4.39. The number of carboxylic acids is 1. The van der Waals surface area contributed by atoms with Gasteiger partial charge in [0.05, 0.1) is 14.2 Å². The Balaban J connectivity index is 2.33. The number of methoxy groups -OCH3 is 2. The monoisotopic (exact) mass is 287 g/mol. The third kappa shape index (κ3) is 3.45. The van der Waals surface area contributed by atoms with Crippen LogP contribution >= 0.6 is 0 Å². The molecule has 0 bridgehead atoms. The summed E-state index contributed by atoms with van der Waals surface area (Å²) in [6.45, 7) is 0. The van der Waals surface area contributed by atoms with Crippen LogP contribution in [0.5, 0.6) is 11.5 Å². The normalized spacial score (nSPS) is 11.5. The van der Waals surface area contributed by atoms with Crippen LogP contribution in [0.4, 0.5) is 5.69 Å². The molecule has 1 atom stereocenters. The van der Waals surface area contributed by atoms with Crippen molar-refractivity contribution >= 4 is 11.7 Å². The maximum Gasteiger partial charge on any atom is 0.330 e. The topological polar surface area (TPSA) is 67.8 Å². The predicted octanol–water partition coefficient (Wildman–Crippen LogP) is 2.94. The minimum atomic E-state index is -0.984. The van der Waals surface area contributed by atoms with E-state index in [1.165, 1.54) is 7.11 Å². The number of anilines is 1. The van der Waals surface area contributed by atoms with Gasteiger partial charge < -0.3 is 19.9 Å². The van der Waals surface area contributed by atoms with Crippen LogP contribution in [0.2, 0.25) is 0 Å². The lowest BCUT2D eigenvalue weighted by molar-refractivity contribution is -0.138. The summed E-state index contributed by atoms with van der Waals surface area (Å²) < 4.78 is 10.4. The number of carbonyl (C=O) groups is 1. The van der Waals surface area contributed by atoms with Gasteiger partial charge in [-0.2, -0.15) is 0 Å². The number of benzene rings is 2. The highest BCUT2D eigenvalue weighted by atomic mass is 16.5. The summed E-state index contributed by atoms with van der Waals surface area (Å²) in [6.07, 6.45) is 0. The number of hydrogen-bond acceptors (Lipinski definition) is 4. The van der Waals surface area contributed by atoms with Crippen LogP contribution in [0, 0.1) is 0 Å². The van der Waals surface area contributed by atoms with Crippen LogP contribution in [-0.4, -0.2) is 25.3 Å². The van der Waals surface area contributed by atoms with E-state index in [0.29, 0.717) is 22.7 Å². The Labute approximate surface area is 123 Å². The fourth-order valence-electron chi connectivity index (χ4n) is 2.06. The molecule has 1 unspecified atom stereocenters. The van der Waals surface area contributed by atoms with E-state index in [0.717, 1.165) is 0 Å². The molecular weight excluding hydrogens is 270 g/mol. The zero-order valence-electron chi connectivity index (χ0n) is 11.9. The average molecular weight is 287 g/mol. The van der Waals surface area contributed by atoms with Crippen LogP contribution in [-0.2, 0) is 4.79 Å². The van der Waals surface area contributed by atoms with Gasteiger partial charge >= 0.3 is 5.97 Å². The van der Waals surface area contributed by atoms with Crippen molar-refractivity contribution in [3.63, 3.8) is 0 Å². The highest BCUT2D eigenvalue weighted by Crippen LogP contribution is 2.29. The SMILES string of the molecule is COc1cccc(NC(C(=O)O)c2ccccc2OC)c1. The van der Waals surface area contributed by atoms with Crippen molar-refractivity contribution in [3.05, 3.63) is 54.1 Å². The number of aliphatic carboxylic acids is 1. The fourth-order valence-corrected chi connectivity index (χ4v) is 2.06. The Kier molecular flexibility index (Phi) is 4.66. The summed E-state index contributed by atoms with van der Waals surface area (Å²) in [5, 5.41) is 12.5. The van der Waals surface area contributed by atoms with Crippen molar-refractivity contribution in [1.82, 2.24) is 0 Å². The first kappa shape index (κ1) is 14.7. The van der Waals surface area contributed by atoms with Gasteiger partial charge in [-0.15, -0.1) is 0 Å². The summed E-state index contributed by atoms with van der Waals surface area (Å²) in [4.78, 5) is 11.6. The summed E-state index contributed by atoms with van der Waals surface area (Å²) in [6, 6.07) is 13.2. The van der Waals surface area contributed by atoms with Crippen molar-refractivity contribution in [2.45, 2.75) is 6.04 Å². The van der Waals surface area contributed by atoms with Gasteiger partial charge in [-0.05, 0) is 18.2 Å². The molecule has 5 nitrogen and oxygen atoms in total. The molecule has 2 rings (SSSR count). The Hall–Kier alpha value is -2.69. The van der Waals surface area contributed by atoms with Crippen LogP contribution < -0.4 is 14.8 Å². The Morgan fingerprint density at radius 1 is 1.10 bits per heavy atom. The van der Waals surface area contributed by atoms with E-state index in [4.69, 9.17) is 9.47 Å². The van der Waals surface area contributed by atoms with Crippen LogP contribution in [0.1, 0.15) is 11.6 Å². The molecule has 0 aliphatic carbocycles. The van der Waals surface area contributed by atoms with E-state index in [1.807, 2.05) is 0 Å². The highest BCUT2D eigenvalue weighted by Gasteiger charge is 2.23. The molecule has 0 radical (unpaired) electrons. The number of rotatable bonds is 6.